The number of hydrogen-bond donors (Lipinski definition) is 3. The van der Waals surface area contributed by atoms with Crippen molar-refractivity contribution in [3.05, 3.63) is 72.4 Å². The van der Waals surface area contributed by atoms with Crippen molar-refractivity contribution in [1.29, 1.82) is 0 Å². The van der Waals surface area contributed by atoms with E-state index in [9.17, 15) is 9.59 Å². The van der Waals surface area contributed by atoms with Crippen LogP contribution in [-0.2, 0) is 11.3 Å². The predicted octanol–water partition coefficient (Wildman–Crippen LogP) is 2.50. The first-order valence-corrected chi connectivity index (χ1v) is 8.24. The average Bonchev–Trinajstić information content (AvgIpc) is 2.67. The molecule has 27 heavy (non-hydrogen) atoms. The fraction of sp³-hybridized carbons (Fsp3) is 0.105. The summed E-state index contributed by atoms with van der Waals surface area (Å²) in [6, 6.07) is 10.9. The molecule has 8 nitrogen and oxygen atoms in total. The van der Waals surface area contributed by atoms with Crippen LogP contribution in [0.15, 0.2) is 61.2 Å². The van der Waals surface area contributed by atoms with Gasteiger partial charge in [-0.3, -0.25) is 14.6 Å². The number of carbonyl (C=O) groups is 2. The third kappa shape index (κ3) is 5.33. The minimum atomic E-state index is -0.314. The Kier molecular flexibility index (Phi) is 5.68. The number of aromatic nitrogens is 3. The summed E-state index contributed by atoms with van der Waals surface area (Å²) < 4.78 is 0. The zero-order valence-electron chi connectivity index (χ0n) is 14.6. The van der Waals surface area contributed by atoms with Crippen LogP contribution >= 0.6 is 0 Å². The lowest BCUT2D eigenvalue weighted by Gasteiger charge is -2.08. The zero-order valence-corrected chi connectivity index (χ0v) is 14.6. The van der Waals surface area contributed by atoms with E-state index < -0.39 is 0 Å². The summed E-state index contributed by atoms with van der Waals surface area (Å²) in [5, 5.41) is 8.55. The second-order valence-corrected chi connectivity index (χ2v) is 5.72. The molecule has 8 heteroatoms. The number of amides is 2. The molecule has 1 aromatic carbocycles. The van der Waals surface area contributed by atoms with Gasteiger partial charge in [-0.2, -0.15) is 0 Å². The van der Waals surface area contributed by atoms with Crippen molar-refractivity contribution >= 4 is 29.0 Å². The number of nitrogens with zero attached hydrogens (tertiary/aromatic N) is 3. The lowest BCUT2D eigenvalue weighted by atomic mass is 10.2. The van der Waals surface area contributed by atoms with Gasteiger partial charge in [0.1, 0.15) is 11.5 Å². The Balaban J connectivity index is 1.60. The van der Waals surface area contributed by atoms with E-state index in [4.69, 9.17) is 0 Å². The van der Waals surface area contributed by atoms with E-state index in [-0.39, 0.29) is 17.5 Å². The van der Waals surface area contributed by atoms with Crippen LogP contribution in [-0.4, -0.2) is 26.8 Å². The molecular formula is C19H18N6O2. The van der Waals surface area contributed by atoms with Gasteiger partial charge in [-0.15, -0.1) is 0 Å². The molecule has 0 radical (unpaired) electrons. The molecule has 0 bridgehead atoms. The molecule has 0 aliphatic heterocycles. The lowest BCUT2D eigenvalue weighted by Crippen LogP contribution is -2.24. The molecule has 3 N–H and O–H groups in total. The van der Waals surface area contributed by atoms with E-state index in [1.165, 1.54) is 19.3 Å². The molecule has 2 aromatic heterocycles. The Morgan fingerprint density at radius 3 is 2.56 bits per heavy atom. The number of benzene rings is 1. The van der Waals surface area contributed by atoms with Crippen LogP contribution in [0.5, 0.6) is 0 Å². The van der Waals surface area contributed by atoms with Gasteiger partial charge in [-0.25, -0.2) is 9.97 Å². The van der Waals surface area contributed by atoms with E-state index in [0.717, 1.165) is 11.3 Å². The second-order valence-electron chi connectivity index (χ2n) is 5.72. The number of carbonyl (C=O) groups excluding carboxylic acids is 2. The highest BCUT2D eigenvalue weighted by atomic mass is 16.2. The molecular weight excluding hydrogens is 344 g/mol. The number of pyridine rings is 1. The smallest absolute Gasteiger partial charge is 0.271 e. The molecule has 0 fully saturated rings. The van der Waals surface area contributed by atoms with Crippen LogP contribution in [0, 0.1) is 0 Å². The zero-order chi connectivity index (χ0) is 19.1. The van der Waals surface area contributed by atoms with Crippen molar-refractivity contribution in [2.24, 2.45) is 0 Å². The molecule has 136 valence electrons. The Hall–Kier alpha value is -3.81. The van der Waals surface area contributed by atoms with Crippen LogP contribution in [0.25, 0.3) is 0 Å². The van der Waals surface area contributed by atoms with Crippen LogP contribution in [0.3, 0.4) is 0 Å². The number of anilines is 3. The van der Waals surface area contributed by atoms with Crippen LogP contribution < -0.4 is 16.0 Å². The standard InChI is InChI=1S/C19H18N6O2/c1-13(26)24-15-5-2-6-16(8-15)25-18-12-21-17(11-22-18)19(27)23-10-14-4-3-7-20-9-14/h2-9,11-12H,10H2,1H3,(H,22,25)(H,23,27)(H,24,26). The van der Waals surface area contributed by atoms with Crippen molar-refractivity contribution in [3.8, 4) is 0 Å². The summed E-state index contributed by atoms with van der Waals surface area (Å²) in [7, 11) is 0. The van der Waals surface area contributed by atoms with Crippen LogP contribution in [0.1, 0.15) is 23.0 Å². The summed E-state index contributed by atoms with van der Waals surface area (Å²) in [6.07, 6.45) is 6.24. The van der Waals surface area contributed by atoms with Gasteiger partial charge in [-0.05, 0) is 29.8 Å². The molecule has 0 atom stereocenters. The highest BCUT2D eigenvalue weighted by molar-refractivity contribution is 5.92. The average molecular weight is 362 g/mol. The Morgan fingerprint density at radius 1 is 1.00 bits per heavy atom. The van der Waals surface area contributed by atoms with Gasteiger partial charge in [-0.1, -0.05) is 12.1 Å². The van der Waals surface area contributed by atoms with E-state index >= 15 is 0 Å². The molecule has 0 aliphatic carbocycles. The van der Waals surface area contributed by atoms with Gasteiger partial charge in [0.25, 0.3) is 5.91 Å². The molecule has 0 saturated carbocycles. The first-order valence-electron chi connectivity index (χ1n) is 8.24. The predicted molar refractivity (Wildman–Crippen MR) is 101 cm³/mol. The molecule has 2 amide bonds. The summed E-state index contributed by atoms with van der Waals surface area (Å²) in [5.41, 5.74) is 2.53. The number of nitrogens with one attached hydrogen (secondary N) is 3. The Labute approximate surface area is 156 Å². The van der Waals surface area contributed by atoms with Crippen molar-refractivity contribution in [2.45, 2.75) is 13.5 Å². The molecule has 3 aromatic rings. The van der Waals surface area contributed by atoms with Gasteiger partial charge < -0.3 is 16.0 Å². The quantitative estimate of drug-likeness (QED) is 0.622. The van der Waals surface area contributed by atoms with Crippen molar-refractivity contribution < 1.29 is 9.59 Å². The maximum atomic E-state index is 12.1. The molecule has 0 spiro atoms. The van der Waals surface area contributed by atoms with Gasteiger partial charge in [0, 0.05) is 37.2 Å². The summed E-state index contributed by atoms with van der Waals surface area (Å²) in [5.74, 6) is 0.0259. The molecule has 0 saturated heterocycles. The third-order valence-electron chi connectivity index (χ3n) is 3.52. The van der Waals surface area contributed by atoms with Gasteiger partial charge in [0.15, 0.2) is 0 Å². The Bertz CT molecular complexity index is 928. The van der Waals surface area contributed by atoms with Gasteiger partial charge in [0.2, 0.25) is 5.91 Å². The van der Waals surface area contributed by atoms with Crippen molar-refractivity contribution in [1.82, 2.24) is 20.3 Å². The minimum Gasteiger partial charge on any atom is -0.347 e. The number of hydrogen-bond acceptors (Lipinski definition) is 6. The maximum Gasteiger partial charge on any atom is 0.271 e. The van der Waals surface area contributed by atoms with E-state index in [2.05, 4.69) is 30.9 Å². The molecule has 0 unspecified atom stereocenters. The maximum absolute atomic E-state index is 12.1. The lowest BCUT2D eigenvalue weighted by molar-refractivity contribution is -0.114. The van der Waals surface area contributed by atoms with E-state index in [1.807, 2.05) is 18.2 Å². The summed E-state index contributed by atoms with van der Waals surface area (Å²) >= 11 is 0. The fourth-order valence-electron chi connectivity index (χ4n) is 2.31. The van der Waals surface area contributed by atoms with Gasteiger partial charge >= 0.3 is 0 Å². The Morgan fingerprint density at radius 2 is 1.85 bits per heavy atom. The number of rotatable bonds is 6. The molecule has 3 rings (SSSR count). The highest BCUT2D eigenvalue weighted by Crippen LogP contribution is 2.18. The first kappa shape index (κ1) is 18.0. The summed E-state index contributed by atoms with van der Waals surface area (Å²) in [6.45, 7) is 1.81. The SMILES string of the molecule is CC(=O)Nc1cccc(Nc2cnc(C(=O)NCc3cccnc3)cn2)c1. The van der Waals surface area contributed by atoms with E-state index in [0.29, 0.717) is 18.1 Å². The minimum absolute atomic E-state index is 0.145. The van der Waals surface area contributed by atoms with Crippen LogP contribution in [0.2, 0.25) is 0 Å². The molecule has 2 heterocycles. The largest absolute Gasteiger partial charge is 0.347 e. The highest BCUT2D eigenvalue weighted by Gasteiger charge is 2.08. The topological polar surface area (TPSA) is 109 Å². The monoisotopic (exact) mass is 362 g/mol. The van der Waals surface area contributed by atoms with E-state index in [1.54, 1.807) is 30.6 Å². The van der Waals surface area contributed by atoms with Gasteiger partial charge in [0.05, 0.1) is 12.4 Å². The van der Waals surface area contributed by atoms with Crippen molar-refractivity contribution in [2.75, 3.05) is 10.6 Å². The summed E-state index contributed by atoms with van der Waals surface area (Å²) in [4.78, 5) is 35.6. The molecule has 0 aliphatic rings. The fourth-order valence-corrected chi connectivity index (χ4v) is 2.31. The third-order valence-corrected chi connectivity index (χ3v) is 3.52. The first-order chi connectivity index (χ1) is 13.1. The van der Waals surface area contributed by atoms with Crippen molar-refractivity contribution in [3.63, 3.8) is 0 Å². The second kappa shape index (κ2) is 8.52. The van der Waals surface area contributed by atoms with Crippen LogP contribution in [0.4, 0.5) is 17.2 Å². The normalized spacial score (nSPS) is 10.1.